The lowest BCUT2D eigenvalue weighted by Crippen LogP contribution is -2.27. The van der Waals surface area contributed by atoms with Crippen molar-refractivity contribution in [2.24, 2.45) is 0 Å². The number of aromatic amines is 1. The summed E-state index contributed by atoms with van der Waals surface area (Å²) in [5.74, 6) is -0.158. The zero-order valence-corrected chi connectivity index (χ0v) is 8.51. The number of fused-ring (bicyclic) bond motifs is 1. The van der Waals surface area contributed by atoms with E-state index in [1.54, 1.807) is 6.07 Å². The van der Waals surface area contributed by atoms with E-state index in [0.717, 1.165) is 4.60 Å². The predicted octanol–water partition coefficient (Wildman–Crippen LogP) is 1.33. The van der Waals surface area contributed by atoms with Gasteiger partial charge in [0.25, 0.3) is 0 Å². The molecule has 0 fully saturated rings. The number of nitrogens with zero attached hydrogens (tertiary/aromatic N) is 1. The molecule has 0 unspecified atom stereocenters. The van der Waals surface area contributed by atoms with Gasteiger partial charge in [0, 0.05) is 6.92 Å². The summed E-state index contributed by atoms with van der Waals surface area (Å²) in [7, 11) is 0. The van der Waals surface area contributed by atoms with E-state index in [1.807, 2.05) is 0 Å². The van der Waals surface area contributed by atoms with Crippen LogP contribution < -0.4 is 4.90 Å². The van der Waals surface area contributed by atoms with Gasteiger partial charge >= 0.3 is 0 Å². The highest BCUT2D eigenvalue weighted by atomic mass is 79.9. The highest BCUT2D eigenvalue weighted by Crippen LogP contribution is 2.30. The highest BCUT2D eigenvalue weighted by molar-refractivity contribution is 9.10. The van der Waals surface area contributed by atoms with Crippen LogP contribution in [0.15, 0.2) is 10.7 Å². The maximum atomic E-state index is 11.3. The summed E-state index contributed by atoms with van der Waals surface area (Å²) in [5.41, 5.74) is 1.19. The fraction of sp³-hybridized carbons (Fsp3) is 0.250. The number of amides is 1. The molecule has 0 atom stereocenters. The summed E-state index contributed by atoms with van der Waals surface area (Å²) >= 11 is 3.22. The van der Waals surface area contributed by atoms with Crippen LogP contribution in [0.2, 0.25) is 0 Å². The number of aromatic nitrogens is 1. The molecule has 13 heavy (non-hydrogen) atoms. The van der Waals surface area contributed by atoms with Gasteiger partial charge in [-0.3, -0.25) is 9.59 Å². The first-order chi connectivity index (χ1) is 6.09. The van der Waals surface area contributed by atoms with Crippen molar-refractivity contribution in [1.82, 2.24) is 4.98 Å². The van der Waals surface area contributed by atoms with E-state index in [-0.39, 0.29) is 18.2 Å². The molecule has 0 aromatic carbocycles. The van der Waals surface area contributed by atoms with Crippen LogP contribution in [0.4, 0.5) is 5.69 Å². The van der Waals surface area contributed by atoms with E-state index in [4.69, 9.17) is 0 Å². The molecule has 2 heterocycles. The third kappa shape index (κ3) is 1.19. The van der Waals surface area contributed by atoms with E-state index in [9.17, 15) is 9.59 Å². The van der Waals surface area contributed by atoms with Gasteiger partial charge < -0.3 is 9.88 Å². The minimum atomic E-state index is -0.112. The molecule has 0 aliphatic carbocycles. The lowest BCUT2D eigenvalue weighted by molar-refractivity contribution is -0.116. The summed E-state index contributed by atoms with van der Waals surface area (Å²) in [6, 6.07) is 1.74. The molecule has 1 amide bonds. The van der Waals surface area contributed by atoms with Gasteiger partial charge in [0.1, 0.15) is 5.69 Å². The molecule has 1 aliphatic rings. The van der Waals surface area contributed by atoms with Gasteiger partial charge in [-0.2, -0.15) is 0 Å². The molecule has 4 nitrogen and oxygen atoms in total. The second-order valence-corrected chi connectivity index (χ2v) is 3.76. The van der Waals surface area contributed by atoms with Gasteiger partial charge in [-0.05, 0) is 22.0 Å². The molecular weight excluding hydrogens is 236 g/mol. The Hall–Kier alpha value is -1.10. The van der Waals surface area contributed by atoms with Crippen LogP contribution in [-0.2, 0) is 4.79 Å². The first-order valence-electron chi connectivity index (χ1n) is 3.79. The highest BCUT2D eigenvalue weighted by Gasteiger charge is 2.30. The Morgan fingerprint density at radius 1 is 1.69 bits per heavy atom. The fourth-order valence-corrected chi connectivity index (χ4v) is 1.84. The van der Waals surface area contributed by atoms with Crippen molar-refractivity contribution >= 4 is 33.3 Å². The number of ketones is 1. The maximum absolute atomic E-state index is 11.3. The van der Waals surface area contributed by atoms with Crippen LogP contribution in [0.5, 0.6) is 0 Å². The molecular formula is C8H7BrN2O2. The van der Waals surface area contributed by atoms with Crippen molar-refractivity contribution in [2.75, 3.05) is 11.4 Å². The summed E-state index contributed by atoms with van der Waals surface area (Å²) in [4.78, 5) is 26.8. The Morgan fingerprint density at radius 3 is 3.00 bits per heavy atom. The topological polar surface area (TPSA) is 53.2 Å². The smallest absolute Gasteiger partial charge is 0.224 e. The normalized spacial score (nSPS) is 14.9. The molecule has 68 valence electrons. The van der Waals surface area contributed by atoms with Gasteiger partial charge in [0.2, 0.25) is 11.7 Å². The molecule has 1 N–H and O–H groups in total. The van der Waals surface area contributed by atoms with Crippen LogP contribution in [0.1, 0.15) is 17.4 Å². The van der Waals surface area contributed by atoms with Crippen LogP contribution in [0.25, 0.3) is 0 Å². The van der Waals surface area contributed by atoms with Crippen molar-refractivity contribution in [2.45, 2.75) is 6.92 Å². The largest absolute Gasteiger partial charge is 0.345 e. The molecule has 0 radical (unpaired) electrons. The standard InChI is InChI=1S/C8H7BrN2O2/c1-4(12)11-3-6(13)8-5(11)2-7(9)10-8/h2,10H,3H2,1H3. The van der Waals surface area contributed by atoms with Crippen molar-refractivity contribution in [3.05, 3.63) is 16.4 Å². The average Bonchev–Trinajstić information content (AvgIpc) is 2.51. The monoisotopic (exact) mass is 242 g/mol. The summed E-state index contributed by atoms with van der Waals surface area (Å²) in [6.07, 6.45) is 0. The lowest BCUT2D eigenvalue weighted by atomic mass is 10.3. The fourth-order valence-electron chi connectivity index (χ4n) is 1.43. The third-order valence-corrected chi connectivity index (χ3v) is 2.44. The zero-order valence-electron chi connectivity index (χ0n) is 6.93. The Morgan fingerprint density at radius 2 is 2.38 bits per heavy atom. The van der Waals surface area contributed by atoms with Crippen molar-refractivity contribution in [3.8, 4) is 0 Å². The van der Waals surface area contributed by atoms with Crippen LogP contribution in [0.3, 0.4) is 0 Å². The number of hydrogen-bond donors (Lipinski definition) is 1. The number of anilines is 1. The first-order valence-corrected chi connectivity index (χ1v) is 4.58. The Bertz CT molecular complexity index is 397. The number of rotatable bonds is 0. The summed E-state index contributed by atoms with van der Waals surface area (Å²) in [6.45, 7) is 1.60. The van der Waals surface area contributed by atoms with E-state index in [0.29, 0.717) is 11.4 Å². The number of Topliss-reactive ketones (excluding diaryl/α,β-unsaturated/α-hetero) is 1. The number of hydrogen-bond acceptors (Lipinski definition) is 2. The minimum absolute atomic E-state index is 0.0455. The van der Waals surface area contributed by atoms with Crippen LogP contribution >= 0.6 is 15.9 Å². The number of carbonyl (C=O) groups excluding carboxylic acids is 2. The first kappa shape index (κ1) is 8.50. The quantitative estimate of drug-likeness (QED) is 0.747. The van der Waals surface area contributed by atoms with E-state index < -0.39 is 0 Å². The zero-order chi connectivity index (χ0) is 9.59. The summed E-state index contributed by atoms with van der Waals surface area (Å²) in [5, 5.41) is 0. The molecule has 5 heteroatoms. The molecule has 0 saturated heterocycles. The van der Waals surface area contributed by atoms with E-state index in [1.165, 1.54) is 11.8 Å². The molecule has 0 saturated carbocycles. The molecule has 2 rings (SSSR count). The van der Waals surface area contributed by atoms with Gasteiger partial charge in [-0.25, -0.2) is 0 Å². The Labute approximate surface area is 83.0 Å². The number of H-pyrrole nitrogens is 1. The summed E-state index contributed by atoms with van der Waals surface area (Å²) < 4.78 is 0.719. The number of nitrogens with one attached hydrogen (secondary N) is 1. The SMILES string of the molecule is CC(=O)N1CC(=O)c2[nH]c(Br)cc21. The van der Waals surface area contributed by atoms with Crippen LogP contribution in [-0.4, -0.2) is 23.2 Å². The Kier molecular flexibility index (Phi) is 1.76. The molecule has 0 spiro atoms. The molecule has 0 bridgehead atoms. The molecule has 1 aliphatic heterocycles. The van der Waals surface area contributed by atoms with Crippen molar-refractivity contribution < 1.29 is 9.59 Å². The Balaban J connectivity index is 2.51. The van der Waals surface area contributed by atoms with Crippen LogP contribution in [0, 0.1) is 0 Å². The lowest BCUT2D eigenvalue weighted by Gasteiger charge is -2.10. The minimum Gasteiger partial charge on any atom is -0.345 e. The van der Waals surface area contributed by atoms with Gasteiger partial charge in [0.15, 0.2) is 0 Å². The van der Waals surface area contributed by atoms with Crippen molar-refractivity contribution in [3.63, 3.8) is 0 Å². The maximum Gasteiger partial charge on any atom is 0.224 e. The number of halogens is 1. The van der Waals surface area contributed by atoms with Gasteiger partial charge in [-0.15, -0.1) is 0 Å². The predicted molar refractivity (Wildman–Crippen MR) is 50.9 cm³/mol. The third-order valence-electron chi connectivity index (χ3n) is 2.02. The second-order valence-electron chi connectivity index (χ2n) is 2.91. The van der Waals surface area contributed by atoms with E-state index in [2.05, 4.69) is 20.9 Å². The molecule has 1 aromatic rings. The number of carbonyl (C=O) groups is 2. The average molecular weight is 243 g/mol. The van der Waals surface area contributed by atoms with Crippen molar-refractivity contribution in [1.29, 1.82) is 0 Å². The van der Waals surface area contributed by atoms with E-state index >= 15 is 0 Å². The second kappa shape index (κ2) is 2.70. The van der Waals surface area contributed by atoms with Gasteiger partial charge in [-0.1, -0.05) is 0 Å². The molecule has 1 aromatic heterocycles. The van der Waals surface area contributed by atoms with Gasteiger partial charge in [0.05, 0.1) is 16.8 Å².